The molecule has 1 saturated heterocycles. The normalized spacial score (nSPS) is 18.1. The van der Waals surface area contributed by atoms with Gasteiger partial charge in [-0.2, -0.15) is 0 Å². The molecule has 1 aliphatic heterocycles. The Morgan fingerprint density at radius 3 is 2.68 bits per heavy atom. The number of rotatable bonds is 4. The molecule has 0 atom stereocenters. The lowest BCUT2D eigenvalue weighted by Crippen LogP contribution is -2.43. The van der Waals surface area contributed by atoms with Crippen LogP contribution in [0, 0.1) is 11.2 Å². The minimum absolute atomic E-state index is 0.0770. The first kappa shape index (κ1) is 14.0. The molecule has 0 aliphatic carbocycles. The molecule has 1 aliphatic rings. The molecule has 0 amide bonds. The molecule has 104 valence electrons. The molecule has 2 N–H and O–H groups in total. The smallest absolute Gasteiger partial charge is 0.173 e. The van der Waals surface area contributed by atoms with E-state index in [4.69, 9.17) is 15.2 Å². The summed E-state index contributed by atoms with van der Waals surface area (Å²) in [4.78, 5) is 12.6. The Labute approximate surface area is 111 Å². The van der Waals surface area contributed by atoms with E-state index in [9.17, 15) is 9.18 Å². The Balaban J connectivity index is 2.32. The third kappa shape index (κ3) is 2.62. The lowest BCUT2D eigenvalue weighted by molar-refractivity contribution is 0.0198. The van der Waals surface area contributed by atoms with Gasteiger partial charge in [-0.1, -0.05) is 0 Å². The fourth-order valence-corrected chi connectivity index (χ4v) is 2.38. The zero-order valence-corrected chi connectivity index (χ0v) is 10.9. The Morgan fingerprint density at radius 2 is 2.16 bits per heavy atom. The topological polar surface area (TPSA) is 61.5 Å². The fourth-order valence-electron chi connectivity index (χ4n) is 2.38. The number of hydrogen-bond acceptors (Lipinski definition) is 4. The van der Waals surface area contributed by atoms with Gasteiger partial charge in [0, 0.05) is 25.8 Å². The van der Waals surface area contributed by atoms with Gasteiger partial charge in [0.05, 0.1) is 18.1 Å². The molecule has 0 radical (unpaired) electrons. The zero-order chi connectivity index (χ0) is 13.9. The summed E-state index contributed by atoms with van der Waals surface area (Å²) in [7, 11) is 1.45. The summed E-state index contributed by atoms with van der Waals surface area (Å²) in [5.74, 6) is -0.412. The summed E-state index contributed by atoms with van der Waals surface area (Å²) in [5.41, 5.74) is 5.14. The number of carbonyl (C=O) groups is 1. The van der Waals surface area contributed by atoms with Crippen LogP contribution in [0.3, 0.4) is 0 Å². The van der Waals surface area contributed by atoms with Gasteiger partial charge in [0.1, 0.15) is 11.6 Å². The Bertz CT molecular complexity index is 470. The molecule has 1 fully saturated rings. The second-order valence-electron chi connectivity index (χ2n) is 4.77. The molecule has 0 aromatic heterocycles. The number of Topliss-reactive ketones (excluding diaryl/α,β-unsaturated/α-hetero) is 1. The number of ether oxygens (including phenoxy) is 2. The average Bonchev–Trinajstić information content (AvgIpc) is 2.47. The highest BCUT2D eigenvalue weighted by atomic mass is 19.1. The fraction of sp³-hybridized carbons (Fsp3) is 0.500. The van der Waals surface area contributed by atoms with Crippen molar-refractivity contribution in [3.05, 3.63) is 29.6 Å². The summed E-state index contributed by atoms with van der Waals surface area (Å²) in [6.07, 6.45) is 1.07. The molecule has 1 heterocycles. The van der Waals surface area contributed by atoms with Crippen molar-refractivity contribution in [1.29, 1.82) is 0 Å². The van der Waals surface area contributed by atoms with Crippen molar-refractivity contribution in [2.45, 2.75) is 12.8 Å². The first-order valence-corrected chi connectivity index (χ1v) is 6.29. The van der Waals surface area contributed by atoms with E-state index in [0.717, 1.165) is 0 Å². The van der Waals surface area contributed by atoms with E-state index in [1.165, 1.54) is 19.2 Å². The standard InChI is InChI=1S/C14H18FNO3/c1-18-10-2-3-11(12(15)8-10)13(17)14(9-16)4-6-19-7-5-14/h2-3,8H,4-7,9,16H2,1H3. The summed E-state index contributed by atoms with van der Waals surface area (Å²) in [6, 6.07) is 4.26. The highest BCUT2D eigenvalue weighted by molar-refractivity contribution is 6.01. The second-order valence-corrected chi connectivity index (χ2v) is 4.77. The summed E-state index contributed by atoms with van der Waals surface area (Å²) in [5, 5.41) is 0. The van der Waals surface area contributed by atoms with Crippen molar-refractivity contribution in [3.8, 4) is 5.75 Å². The molecule has 0 bridgehead atoms. The number of hydrogen-bond donors (Lipinski definition) is 1. The van der Waals surface area contributed by atoms with Gasteiger partial charge < -0.3 is 15.2 Å². The predicted molar refractivity (Wildman–Crippen MR) is 68.8 cm³/mol. The molecule has 19 heavy (non-hydrogen) atoms. The van der Waals surface area contributed by atoms with E-state index in [2.05, 4.69) is 0 Å². The quantitative estimate of drug-likeness (QED) is 0.845. The summed E-state index contributed by atoms with van der Waals surface area (Å²) < 4.78 is 24.2. The average molecular weight is 267 g/mol. The Hall–Kier alpha value is -1.46. The molecule has 0 spiro atoms. The van der Waals surface area contributed by atoms with Crippen molar-refractivity contribution in [1.82, 2.24) is 0 Å². The van der Waals surface area contributed by atoms with Crippen molar-refractivity contribution in [3.63, 3.8) is 0 Å². The van der Waals surface area contributed by atoms with Gasteiger partial charge in [-0.25, -0.2) is 4.39 Å². The maximum Gasteiger partial charge on any atom is 0.173 e. The first-order valence-electron chi connectivity index (χ1n) is 6.29. The number of carbonyl (C=O) groups excluding carboxylic acids is 1. The molecule has 4 nitrogen and oxygen atoms in total. The third-order valence-corrected chi connectivity index (χ3v) is 3.74. The zero-order valence-electron chi connectivity index (χ0n) is 10.9. The van der Waals surface area contributed by atoms with Gasteiger partial charge in [-0.15, -0.1) is 0 Å². The van der Waals surface area contributed by atoms with Gasteiger partial charge >= 0.3 is 0 Å². The maximum absolute atomic E-state index is 14.0. The van der Waals surface area contributed by atoms with Crippen LogP contribution in [0.1, 0.15) is 23.2 Å². The molecule has 2 rings (SSSR count). The third-order valence-electron chi connectivity index (χ3n) is 3.74. The second kappa shape index (κ2) is 5.67. The van der Waals surface area contributed by atoms with Crippen LogP contribution in [0.25, 0.3) is 0 Å². The van der Waals surface area contributed by atoms with Crippen LogP contribution in [0.15, 0.2) is 18.2 Å². The van der Waals surface area contributed by atoms with Gasteiger partial charge in [-0.3, -0.25) is 4.79 Å². The van der Waals surface area contributed by atoms with Gasteiger partial charge in [0.25, 0.3) is 0 Å². The van der Waals surface area contributed by atoms with E-state index in [1.807, 2.05) is 0 Å². The number of halogens is 1. The number of benzene rings is 1. The number of methoxy groups -OCH3 is 1. The van der Waals surface area contributed by atoms with E-state index in [0.29, 0.717) is 31.8 Å². The van der Waals surface area contributed by atoms with Gasteiger partial charge in [-0.05, 0) is 25.0 Å². The lowest BCUT2D eigenvalue weighted by atomic mass is 9.74. The minimum atomic E-state index is -0.701. The SMILES string of the molecule is COc1ccc(C(=O)C2(CN)CCOCC2)c(F)c1. The van der Waals surface area contributed by atoms with E-state index < -0.39 is 11.2 Å². The van der Waals surface area contributed by atoms with E-state index >= 15 is 0 Å². The summed E-state index contributed by atoms with van der Waals surface area (Å²) in [6.45, 7) is 1.18. The van der Waals surface area contributed by atoms with Crippen LogP contribution in [-0.4, -0.2) is 32.7 Å². The van der Waals surface area contributed by atoms with Crippen molar-refractivity contribution >= 4 is 5.78 Å². The minimum Gasteiger partial charge on any atom is -0.497 e. The van der Waals surface area contributed by atoms with Crippen molar-refractivity contribution in [2.24, 2.45) is 11.1 Å². The molecule has 0 unspecified atom stereocenters. The number of ketones is 1. The first-order chi connectivity index (χ1) is 9.13. The Kier molecular flexibility index (Phi) is 4.17. The molecular weight excluding hydrogens is 249 g/mol. The summed E-state index contributed by atoms with van der Waals surface area (Å²) >= 11 is 0. The van der Waals surface area contributed by atoms with Gasteiger partial charge in [0.15, 0.2) is 5.78 Å². The number of nitrogens with two attached hydrogens (primary N) is 1. The van der Waals surface area contributed by atoms with Crippen molar-refractivity contribution in [2.75, 3.05) is 26.9 Å². The highest BCUT2D eigenvalue weighted by Crippen LogP contribution is 2.34. The van der Waals surface area contributed by atoms with Crippen LogP contribution < -0.4 is 10.5 Å². The van der Waals surface area contributed by atoms with Crippen LogP contribution in [0.5, 0.6) is 5.75 Å². The monoisotopic (exact) mass is 267 g/mol. The van der Waals surface area contributed by atoms with E-state index in [-0.39, 0.29) is 17.9 Å². The van der Waals surface area contributed by atoms with Gasteiger partial charge in [0.2, 0.25) is 0 Å². The molecule has 1 aromatic rings. The predicted octanol–water partition coefficient (Wildman–Crippen LogP) is 1.77. The van der Waals surface area contributed by atoms with Crippen LogP contribution in [0.2, 0.25) is 0 Å². The van der Waals surface area contributed by atoms with Crippen molar-refractivity contribution < 1.29 is 18.7 Å². The van der Waals surface area contributed by atoms with E-state index in [1.54, 1.807) is 6.07 Å². The van der Waals surface area contributed by atoms with Crippen LogP contribution >= 0.6 is 0 Å². The molecular formula is C14H18FNO3. The van der Waals surface area contributed by atoms with Crippen LogP contribution in [0.4, 0.5) is 4.39 Å². The molecule has 0 saturated carbocycles. The largest absolute Gasteiger partial charge is 0.497 e. The Morgan fingerprint density at radius 1 is 1.47 bits per heavy atom. The lowest BCUT2D eigenvalue weighted by Gasteiger charge is -2.34. The highest BCUT2D eigenvalue weighted by Gasteiger charge is 2.40. The molecule has 1 aromatic carbocycles. The maximum atomic E-state index is 14.0. The van der Waals surface area contributed by atoms with Crippen LogP contribution in [-0.2, 0) is 4.74 Å². The molecule has 5 heteroatoms.